The first kappa shape index (κ1) is 17.8. The lowest BCUT2D eigenvalue weighted by atomic mass is 9.88. The van der Waals surface area contributed by atoms with Crippen LogP contribution in [0.5, 0.6) is 0 Å². The third kappa shape index (κ3) is 4.06. The Bertz CT molecular complexity index is 752. The number of pyridine rings is 1. The van der Waals surface area contributed by atoms with E-state index in [0.717, 1.165) is 57.8 Å². The maximum absolute atomic E-state index is 12.7. The van der Waals surface area contributed by atoms with E-state index in [1.807, 2.05) is 30.3 Å². The van der Waals surface area contributed by atoms with Crippen molar-refractivity contribution in [2.45, 2.75) is 31.2 Å². The first-order valence-electron chi connectivity index (χ1n) is 9.69. The molecule has 2 fully saturated rings. The van der Waals surface area contributed by atoms with Crippen LogP contribution in [0.4, 0.5) is 16.3 Å². The van der Waals surface area contributed by atoms with E-state index in [0.29, 0.717) is 5.69 Å². The third-order valence-corrected chi connectivity index (χ3v) is 5.48. The van der Waals surface area contributed by atoms with Gasteiger partial charge in [0.25, 0.3) is 0 Å². The number of hydrogen-bond acceptors (Lipinski definition) is 4. The van der Waals surface area contributed by atoms with E-state index in [1.165, 1.54) is 5.56 Å². The molecule has 2 heterocycles. The molecule has 2 N–H and O–H groups in total. The van der Waals surface area contributed by atoms with Gasteiger partial charge in [0.05, 0.1) is 30.6 Å². The fourth-order valence-corrected chi connectivity index (χ4v) is 4.04. The van der Waals surface area contributed by atoms with Gasteiger partial charge in [-0.1, -0.05) is 43.2 Å². The van der Waals surface area contributed by atoms with Gasteiger partial charge in [-0.25, -0.2) is 9.78 Å². The van der Waals surface area contributed by atoms with E-state index >= 15 is 0 Å². The summed E-state index contributed by atoms with van der Waals surface area (Å²) in [5.41, 5.74) is 1.61. The second-order valence-corrected chi connectivity index (χ2v) is 7.24. The average molecular weight is 366 g/mol. The summed E-state index contributed by atoms with van der Waals surface area (Å²) in [6.45, 7) is 3.15. The number of urea groups is 1. The number of rotatable bonds is 4. The van der Waals surface area contributed by atoms with Crippen molar-refractivity contribution in [3.05, 3.63) is 54.2 Å². The van der Waals surface area contributed by atoms with Gasteiger partial charge in [0.15, 0.2) is 0 Å². The molecular formula is C21H26N4O2. The van der Waals surface area contributed by atoms with Crippen LogP contribution in [0.25, 0.3) is 0 Å². The maximum Gasteiger partial charge on any atom is 0.319 e. The predicted molar refractivity (Wildman–Crippen MR) is 106 cm³/mol. The first-order chi connectivity index (χ1) is 13.3. The highest BCUT2D eigenvalue weighted by atomic mass is 16.5. The van der Waals surface area contributed by atoms with Gasteiger partial charge in [0.1, 0.15) is 5.82 Å². The van der Waals surface area contributed by atoms with Gasteiger partial charge in [-0.05, 0) is 30.5 Å². The van der Waals surface area contributed by atoms with Crippen LogP contribution in [0, 0.1) is 0 Å². The van der Waals surface area contributed by atoms with Gasteiger partial charge in [-0.3, -0.25) is 0 Å². The van der Waals surface area contributed by atoms with Crippen molar-refractivity contribution >= 4 is 17.5 Å². The number of anilines is 2. The van der Waals surface area contributed by atoms with Crippen molar-refractivity contribution in [3.63, 3.8) is 0 Å². The molecule has 2 aromatic rings. The Hall–Kier alpha value is -2.60. The lowest BCUT2D eigenvalue weighted by Crippen LogP contribution is -2.45. The van der Waals surface area contributed by atoms with Gasteiger partial charge < -0.3 is 20.3 Å². The van der Waals surface area contributed by atoms with Crippen LogP contribution in [0.1, 0.15) is 31.2 Å². The zero-order chi connectivity index (χ0) is 18.5. The minimum absolute atomic E-state index is 0.179. The molecule has 1 saturated heterocycles. The Kier molecular flexibility index (Phi) is 5.25. The molecule has 1 aliphatic heterocycles. The van der Waals surface area contributed by atoms with E-state index in [9.17, 15) is 4.79 Å². The molecule has 27 heavy (non-hydrogen) atoms. The number of amides is 2. The van der Waals surface area contributed by atoms with Crippen molar-refractivity contribution in [2.24, 2.45) is 0 Å². The van der Waals surface area contributed by atoms with Crippen LogP contribution >= 0.6 is 0 Å². The molecule has 142 valence electrons. The fourth-order valence-electron chi connectivity index (χ4n) is 4.04. The Morgan fingerprint density at radius 3 is 2.44 bits per heavy atom. The molecule has 6 nitrogen and oxygen atoms in total. The van der Waals surface area contributed by atoms with Crippen molar-refractivity contribution in [3.8, 4) is 0 Å². The normalized spacial score (nSPS) is 18.9. The van der Waals surface area contributed by atoms with E-state index < -0.39 is 0 Å². The van der Waals surface area contributed by atoms with Crippen LogP contribution in [-0.4, -0.2) is 37.3 Å². The minimum atomic E-state index is -0.271. The van der Waals surface area contributed by atoms with Gasteiger partial charge in [0.2, 0.25) is 0 Å². The summed E-state index contributed by atoms with van der Waals surface area (Å²) in [6.07, 6.45) is 5.92. The van der Waals surface area contributed by atoms with E-state index in [-0.39, 0.29) is 11.6 Å². The molecular weight excluding hydrogens is 340 g/mol. The zero-order valence-electron chi connectivity index (χ0n) is 15.5. The molecule has 4 rings (SSSR count). The fraction of sp³-hybridized carbons (Fsp3) is 0.429. The molecule has 1 saturated carbocycles. The van der Waals surface area contributed by atoms with Crippen LogP contribution in [0.15, 0.2) is 48.7 Å². The van der Waals surface area contributed by atoms with Gasteiger partial charge in [-0.2, -0.15) is 0 Å². The number of aromatic nitrogens is 1. The first-order valence-corrected chi connectivity index (χ1v) is 9.69. The molecule has 0 atom stereocenters. The Morgan fingerprint density at radius 1 is 1.04 bits per heavy atom. The Morgan fingerprint density at radius 2 is 1.78 bits per heavy atom. The summed E-state index contributed by atoms with van der Waals surface area (Å²) in [4.78, 5) is 19.3. The summed E-state index contributed by atoms with van der Waals surface area (Å²) in [6, 6.07) is 13.9. The van der Waals surface area contributed by atoms with E-state index in [4.69, 9.17) is 4.74 Å². The smallest absolute Gasteiger partial charge is 0.319 e. The highest BCUT2D eigenvalue weighted by Crippen LogP contribution is 2.38. The van der Waals surface area contributed by atoms with E-state index in [2.05, 4.69) is 32.7 Å². The molecule has 1 aliphatic carbocycles. The molecule has 2 aliphatic rings. The maximum atomic E-state index is 12.7. The van der Waals surface area contributed by atoms with Gasteiger partial charge in [0, 0.05) is 13.1 Å². The highest BCUT2D eigenvalue weighted by molar-refractivity contribution is 5.89. The zero-order valence-corrected chi connectivity index (χ0v) is 15.5. The molecule has 1 aromatic heterocycles. The average Bonchev–Trinajstić information content (AvgIpc) is 3.19. The Labute approximate surface area is 159 Å². The summed E-state index contributed by atoms with van der Waals surface area (Å²) in [5.74, 6) is 0.917. The lowest BCUT2D eigenvalue weighted by molar-refractivity contribution is 0.122. The lowest BCUT2D eigenvalue weighted by Gasteiger charge is -2.31. The standard InChI is InChI=1S/C21H26N4O2/c26-20(24-21(10-4-5-11-21)17-6-2-1-3-7-17)23-18-8-9-19(22-16-18)25-12-14-27-15-13-25/h1-3,6-9,16H,4-5,10-15H2,(H2,23,24,26). The van der Waals surface area contributed by atoms with Crippen molar-refractivity contribution in [2.75, 3.05) is 36.5 Å². The molecule has 6 heteroatoms. The number of carbonyl (C=O) groups is 1. The molecule has 0 unspecified atom stereocenters. The van der Waals surface area contributed by atoms with Gasteiger partial charge >= 0.3 is 6.03 Å². The monoisotopic (exact) mass is 366 g/mol. The quantitative estimate of drug-likeness (QED) is 0.869. The number of nitrogens with one attached hydrogen (secondary N) is 2. The second-order valence-electron chi connectivity index (χ2n) is 7.24. The molecule has 0 spiro atoms. The van der Waals surface area contributed by atoms with Crippen LogP contribution in [0.3, 0.4) is 0 Å². The van der Waals surface area contributed by atoms with Gasteiger partial charge in [-0.15, -0.1) is 0 Å². The SMILES string of the molecule is O=C(Nc1ccc(N2CCOCC2)nc1)NC1(c2ccccc2)CCCC1. The van der Waals surface area contributed by atoms with E-state index in [1.54, 1.807) is 6.20 Å². The Balaban J connectivity index is 1.41. The van der Waals surface area contributed by atoms with Crippen molar-refractivity contribution in [1.82, 2.24) is 10.3 Å². The highest BCUT2D eigenvalue weighted by Gasteiger charge is 2.36. The molecule has 0 bridgehead atoms. The summed E-state index contributed by atoms with van der Waals surface area (Å²) >= 11 is 0. The largest absolute Gasteiger partial charge is 0.378 e. The summed E-state index contributed by atoms with van der Waals surface area (Å²) in [7, 11) is 0. The number of carbonyl (C=O) groups excluding carboxylic acids is 1. The van der Waals surface area contributed by atoms with Crippen LogP contribution in [-0.2, 0) is 10.3 Å². The number of ether oxygens (including phenoxy) is 1. The molecule has 2 amide bonds. The minimum Gasteiger partial charge on any atom is -0.378 e. The number of nitrogens with zero attached hydrogens (tertiary/aromatic N) is 2. The summed E-state index contributed by atoms with van der Waals surface area (Å²) < 4.78 is 5.37. The number of benzene rings is 1. The molecule has 1 aromatic carbocycles. The van der Waals surface area contributed by atoms with Crippen molar-refractivity contribution < 1.29 is 9.53 Å². The summed E-state index contributed by atoms with van der Waals surface area (Å²) in [5, 5.41) is 6.17. The predicted octanol–water partition coefficient (Wildman–Crippen LogP) is 3.51. The van der Waals surface area contributed by atoms with Crippen LogP contribution in [0.2, 0.25) is 0 Å². The third-order valence-electron chi connectivity index (χ3n) is 5.48. The second kappa shape index (κ2) is 7.96. The number of morpholine rings is 1. The number of hydrogen-bond donors (Lipinski definition) is 2. The van der Waals surface area contributed by atoms with Crippen molar-refractivity contribution in [1.29, 1.82) is 0 Å². The van der Waals surface area contributed by atoms with Crippen LogP contribution < -0.4 is 15.5 Å². The topological polar surface area (TPSA) is 66.5 Å². The molecule has 0 radical (unpaired) electrons.